The van der Waals surface area contributed by atoms with Crippen LogP contribution in [0.15, 0.2) is 11.3 Å². The van der Waals surface area contributed by atoms with E-state index in [9.17, 15) is 4.79 Å². The second-order valence-corrected chi connectivity index (χ2v) is 6.60. The van der Waals surface area contributed by atoms with Crippen LogP contribution in [0.3, 0.4) is 0 Å². The molecule has 2 heterocycles. The van der Waals surface area contributed by atoms with E-state index in [0.717, 1.165) is 24.4 Å². The van der Waals surface area contributed by atoms with Gasteiger partial charge in [0.25, 0.3) is 5.91 Å². The number of allylic oxidation sites excluding steroid dienone is 1. The number of rotatable bonds is 5. The molecule has 8 nitrogen and oxygen atoms in total. The molecule has 3 rings (SSSR count). The number of carbonyl (C=O) groups excluding carboxylic acids is 1. The van der Waals surface area contributed by atoms with Gasteiger partial charge in [-0.2, -0.15) is 0 Å². The predicted molar refractivity (Wildman–Crippen MR) is 86.9 cm³/mol. The fourth-order valence-electron chi connectivity index (χ4n) is 3.06. The van der Waals surface area contributed by atoms with Crippen LogP contribution in [0.5, 0.6) is 0 Å². The van der Waals surface area contributed by atoms with Crippen molar-refractivity contribution in [3.63, 3.8) is 0 Å². The van der Waals surface area contributed by atoms with Gasteiger partial charge in [-0.05, 0) is 44.2 Å². The zero-order valence-electron chi connectivity index (χ0n) is 14.5. The second-order valence-electron chi connectivity index (χ2n) is 6.60. The standard InChI is InChI=1S/C15H25N7O/c1-10-13(11(2)22-15(21(10)5)16-17-18-22)14(23)20(4)9-8-19(3)12-6-7-12/h11-12H,6-9H2,1-5H3. The van der Waals surface area contributed by atoms with Crippen molar-refractivity contribution < 1.29 is 4.79 Å². The van der Waals surface area contributed by atoms with Gasteiger partial charge in [0, 0.05) is 38.9 Å². The highest BCUT2D eigenvalue weighted by Gasteiger charge is 2.34. The third-order valence-corrected chi connectivity index (χ3v) is 4.99. The molecule has 1 aliphatic carbocycles. The van der Waals surface area contributed by atoms with Crippen LogP contribution in [0.1, 0.15) is 32.7 Å². The van der Waals surface area contributed by atoms with E-state index in [1.807, 2.05) is 32.8 Å². The van der Waals surface area contributed by atoms with Gasteiger partial charge < -0.3 is 14.7 Å². The molecule has 0 bridgehead atoms. The van der Waals surface area contributed by atoms with Gasteiger partial charge in [-0.3, -0.25) is 4.79 Å². The first-order chi connectivity index (χ1) is 10.9. The third-order valence-electron chi connectivity index (χ3n) is 4.99. The van der Waals surface area contributed by atoms with E-state index < -0.39 is 0 Å². The summed E-state index contributed by atoms with van der Waals surface area (Å²) in [6.45, 7) is 5.54. The molecule has 1 saturated carbocycles. The maximum absolute atomic E-state index is 12.9. The number of hydrogen-bond acceptors (Lipinski definition) is 6. The number of carbonyl (C=O) groups is 1. The smallest absolute Gasteiger partial charge is 0.253 e. The quantitative estimate of drug-likeness (QED) is 0.787. The Hall–Kier alpha value is -1.96. The molecule has 1 aromatic heterocycles. The average molecular weight is 319 g/mol. The Balaban J connectivity index is 1.73. The Bertz CT molecular complexity index is 634. The number of nitrogens with zero attached hydrogens (tertiary/aromatic N) is 7. The van der Waals surface area contributed by atoms with Crippen LogP contribution in [0.2, 0.25) is 0 Å². The summed E-state index contributed by atoms with van der Waals surface area (Å²) in [6.07, 6.45) is 2.56. The molecular weight excluding hydrogens is 294 g/mol. The average Bonchev–Trinajstić information content (AvgIpc) is 3.26. The summed E-state index contributed by atoms with van der Waals surface area (Å²) in [5, 5.41) is 11.8. The summed E-state index contributed by atoms with van der Waals surface area (Å²) in [7, 11) is 5.88. The van der Waals surface area contributed by atoms with Gasteiger partial charge in [-0.1, -0.05) is 5.10 Å². The van der Waals surface area contributed by atoms with Crippen molar-refractivity contribution in [2.24, 2.45) is 0 Å². The number of likely N-dealkylation sites (N-methyl/N-ethyl adjacent to an activating group) is 2. The lowest BCUT2D eigenvalue weighted by atomic mass is 10.0. The minimum Gasteiger partial charge on any atom is -0.341 e. The maximum Gasteiger partial charge on any atom is 0.253 e. The van der Waals surface area contributed by atoms with E-state index in [2.05, 4.69) is 27.5 Å². The number of amides is 1. The van der Waals surface area contributed by atoms with Gasteiger partial charge in [0.15, 0.2) is 0 Å². The predicted octanol–water partition coefficient (Wildman–Crippen LogP) is 0.511. The van der Waals surface area contributed by atoms with E-state index in [1.165, 1.54) is 12.8 Å². The Kier molecular flexibility index (Phi) is 4.09. The zero-order chi connectivity index (χ0) is 16.7. The summed E-state index contributed by atoms with van der Waals surface area (Å²) >= 11 is 0. The molecule has 2 aliphatic rings. The van der Waals surface area contributed by atoms with Crippen LogP contribution in [-0.2, 0) is 4.79 Å². The fourth-order valence-corrected chi connectivity index (χ4v) is 3.06. The van der Waals surface area contributed by atoms with Gasteiger partial charge >= 0.3 is 0 Å². The van der Waals surface area contributed by atoms with Gasteiger partial charge in [-0.25, -0.2) is 4.68 Å². The molecule has 0 radical (unpaired) electrons. The normalized spacial score (nSPS) is 21.0. The summed E-state index contributed by atoms with van der Waals surface area (Å²) in [5.74, 6) is 0.717. The topological polar surface area (TPSA) is 70.4 Å². The molecule has 0 saturated heterocycles. The van der Waals surface area contributed by atoms with E-state index >= 15 is 0 Å². The monoisotopic (exact) mass is 319 g/mol. The summed E-state index contributed by atoms with van der Waals surface area (Å²) in [5.41, 5.74) is 1.66. The highest BCUT2D eigenvalue weighted by molar-refractivity contribution is 5.95. The molecule has 0 spiro atoms. The van der Waals surface area contributed by atoms with Crippen molar-refractivity contribution in [1.29, 1.82) is 0 Å². The lowest BCUT2D eigenvalue weighted by Gasteiger charge is -2.33. The van der Waals surface area contributed by atoms with Crippen molar-refractivity contribution in [2.75, 3.05) is 39.1 Å². The highest BCUT2D eigenvalue weighted by atomic mass is 16.2. The Morgan fingerprint density at radius 3 is 2.65 bits per heavy atom. The summed E-state index contributed by atoms with van der Waals surface area (Å²) in [4.78, 5) is 18.9. The molecule has 23 heavy (non-hydrogen) atoms. The third kappa shape index (κ3) is 2.83. The number of tetrazole rings is 1. The van der Waals surface area contributed by atoms with Crippen LogP contribution in [0.4, 0.5) is 5.95 Å². The lowest BCUT2D eigenvalue weighted by Crippen LogP contribution is -2.40. The Morgan fingerprint density at radius 1 is 1.30 bits per heavy atom. The molecule has 126 valence electrons. The second kappa shape index (κ2) is 5.92. The molecule has 0 aromatic carbocycles. The first-order valence-electron chi connectivity index (χ1n) is 8.10. The summed E-state index contributed by atoms with van der Waals surface area (Å²) < 4.78 is 1.70. The molecule has 0 N–H and O–H groups in total. The van der Waals surface area contributed by atoms with Gasteiger partial charge in [0.1, 0.15) is 0 Å². The zero-order valence-corrected chi connectivity index (χ0v) is 14.5. The van der Waals surface area contributed by atoms with E-state index in [1.54, 1.807) is 9.58 Å². The summed E-state index contributed by atoms with van der Waals surface area (Å²) in [6, 6.07) is 0.551. The number of anilines is 1. The van der Waals surface area contributed by atoms with Crippen LogP contribution in [0.25, 0.3) is 0 Å². The van der Waals surface area contributed by atoms with Gasteiger partial charge in [0.05, 0.1) is 11.6 Å². The van der Waals surface area contributed by atoms with Crippen molar-refractivity contribution >= 4 is 11.9 Å². The van der Waals surface area contributed by atoms with Gasteiger partial charge in [0.2, 0.25) is 5.95 Å². The minimum atomic E-state index is -0.160. The fraction of sp³-hybridized carbons (Fsp3) is 0.733. The first kappa shape index (κ1) is 15.9. The number of fused-ring (bicyclic) bond motifs is 1. The lowest BCUT2D eigenvalue weighted by molar-refractivity contribution is -0.126. The van der Waals surface area contributed by atoms with E-state index in [0.29, 0.717) is 12.0 Å². The molecule has 1 aromatic rings. The number of hydrogen-bond donors (Lipinski definition) is 0. The molecular formula is C15H25N7O. The molecule has 1 amide bonds. The van der Waals surface area contributed by atoms with Gasteiger partial charge in [-0.15, -0.1) is 0 Å². The molecule has 1 unspecified atom stereocenters. The van der Waals surface area contributed by atoms with Crippen LogP contribution in [0, 0.1) is 0 Å². The first-order valence-corrected chi connectivity index (χ1v) is 8.10. The van der Waals surface area contributed by atoms with Crippen molar-refractivity contribution in [3.05, 3.63) is 11.3 Å². The van der Waals surface area contributed by atoms with Crippen molar-refractivity contribution in [2.45, 2.75) is 38.8 Å². The molecule has 1 aliphatic heterocycles. The van der Waals surface area contributed by atoms with Crippen LogP contribution in [-0.4, -0.2) is 76.2 Å². The number of aromatic nitrogens is 4. The van der Waals surface area contributed by atoms with Crippen molar-refractivity contribution in [3.8, 4) is 0 Å². The SMILES string of the molecule is CC1=C(C(=O)N(C)CCN(C)C2CC2)C(C)n2nnnc2N1C. The Labute approximate surface area is 136 Å². The van der Waals surface area contributed by atoms with Crippen LogP contribution >= 0.6 is 0 Å². The molecule has 8 heteroatoms. The van der Waals surface area contributed by atoms with Crippen LogP contribution < -0.4 is 4.90 Å². The van der Waals surface area contributed by atoms with E-state index in [-0.39, 0.29) is 11.9 Å². The van der Waals surface area contributed by atoms with E-state index in [4.69, 9.17) is 0 Å². The minimum absolute atomic E-state index is 0.0483. The molecule has 1 fully saturated rings. The maximum atomic E-state index is 12.9. The largest absolute Gasteiger partial charge is 0.341 e. The Morgan fingerprint density at radius 2 is 2.00 bits per heavy atom. The van der Waals surface area contributed by atoms with Crippen molar-refractivity contribution in [1.82, 2.24) is 30.0 Å². The molecule has 1 atom stereocenters. The highest BCUT2D eigenvalue weighted by Crippen LogP contribution is 2.32.